The van der Waals surface area contributed by atoms with Crippen molar-refractivity contribution in [2.75, 3.05) is 33.0 Å². The highest BCUT2D eigenvalue weighted by Gasteiger charge is 2.53. The maximum absolute atomic E-state index is 15.1. The quantitative estimate of drug-likeness (QED) is 0.0121. The molecule has 0 radical (unpaired) electrons. The van der Waals surface area contributed by atoms with Gasteiger partial charge in [-0.3, -0.25) is 37.8 Å². The third-order valence-electron chi connectivity index (χ3n) is 23.7. The number of carbonyl (C=O) groups excluding carboxylic acids is 6. The normalized spacial score (nSPS) is 16.9. The van der Waals surface area contributed by atoms with E-state index in [2.05, 4.69) is 52.2 Å². The highest BCUT2D eigenvalue weighted by molar-refractivity contribution is 7.46. The molecule has 1 heterocycles. The van der Waals surface area contributed by atoms with Gasteiger partial charge in [-0.25, -0.2) is 9.13 Å². The summed E-state index contributed by atoms with van der Waals surface area (Å²) in [4.78, 5) is 127. The predicted molar refractivity (Wildman–Crippen MR) is 483 cm³/mol. The van der Waals surface area contributed by atoms with E-state index < -0.39 is 152 Å². The second-order valence-corrected chi connectivity index (χ2v) is 37.9. The summed E-state index contributed by atoms with van der Waals surface area (Å²) in [5.41, 5.74) is -1.99. The summed E-state index contributed by atoms with van der Waals surface area (Å²) in [6.45, 7) is 8.66. The lowest BCUT2D eigenvalue weighted by Crippen LogP contribution is -2.67. The second-order valence-electron chi connectivity index (χ2n) is 35.5. The predicted octanol–water partition coefficient (Wildman–Crippen LogP) is 23.6. The number of hydrogen-bond acceptors (Lipinski definition) is 18. The van der Waals surface area contributed by atoms with Gasteiger partial charge in [0.25, 0.3) is 0 Å². The van der Waals surface area contributed by atoms with Crippen LogP contribution in [0.1, 0.15) is 485 Å². The summed E-state index contributed by atoms with van der Waals surface area (Å²) in [6, 6.07) is -1.86. The Hall–Kier alpha value is -3.12. The Bertz CT molecular complexity index is 2580. The fourth-order valence-corrected chi connectivity index (χ4v) is 17.2. The van der Waals surface area contributed by atoms with E-state index in [-0.39, 0.29) is 38.5 Å². The van der Waals surface area contributed by atoms with Crippen LogP contribution >= 0.6 is 15.6 Å². The number of esters is 4. The van der Waals surface area contributed by atoms with Crippen molar-refractivity contribution in [3.05, 3.63) is 0 Å². The second kappa shape index (κ2) is 79.1. The van der Waals surface area contributed by atoms with E-state index in [1.54, 1.807) is 0 Å². The van der Waals surface area contributed by atoms with E-state index in [4.69, 9.17) is 37.5 Å². The van der Waals surface area contributed by atoms with E-state index in [9.17, 15) is 62.9 Å². The lowest BCUT2D eigenvalue weighted by Gasteiger charge is -2.46. The standard InChI is InChI=1S/C95H182N2O22P2/c1-7-13-19-25-31-37-40-46-52-58-64-70-87(102)114-81(67-61-55-49-43-34-28-22-16-10-4)73-85(100)96-77-95(78-99,80-113-120(106,107)108)79-112-94-91(97-86(101)74-82(68-62-56-50-44-35-29-23-17-11-5)115-88(103)71-65-59-53-47-41-38-32-26-20-14-8-2)93(92(84(76-98)117-94)119-121(109,110)111)118-90(105)75-83(69-63-57-51-45-36-30-24-18-12-6)116-89(104)72-66-60-54-48-42-39-33-27-21-15-9-3/h81-84,91-94,98-99H,7-80H2,1-6H3,(H,96,100)(H,97,101)(H2,106,107,108)(H2,109,110,111)/t81-,82-,83-,84?,91?,92?,93?,94?,95?/m1/s1. The van der Waals surface area contributed by atoms with Crippen molar-refractivity contribution < 1.29 is 105 Å². The van der Waals surface area contributed by atoms with Crippen LogP contribution in [0, 0.1) is 5.41 Å². The first-order chi connectivity index (χ1) is 58.5. The van der Waals surface area contributed by atoms with Crippen LogP contribution in [0.15, 0.2) is 0 Å². The fraction of sp³-hybridized carbons (Fsp3) is 0.937. The van der Waals surface area contributed by atoms with Crippen LogP contribution < -0.4 is 10.6 Å². The van der Waals surface area contributed by atoms with E-state index in [0.29, 0.717) is 44.9 Å². The van der Waals surface area contributed by atoms with Gasteiger partial charge in [-0.15, -0.1) is 0 Å². The van der Waals surface area contributed by atoms with Crippen LogP contribution in [0.25, 0.3) is 0 Å². The Morgan fingerprint density at radius 2 is 0.645 bits per heavy atom. The number of amides is 2. The van der Waals surface area contributed by atoms with Crippen molar-refractivity contribution >= 4 is 51.3 Å². The molecule has 0 aromatic heterocycles. The summed E-state index contributed by atoms with van der Waals surface area (Å²) < 4.78 is 73.7. The molecule has 0 saturated carbocycles. The maximum atomic E-state index is 15.1. The minimum atomic E-state index is -5.64. The van der Waals surface area contributed by atoms with Crippen molar-refractivity contribution in [2.24, 2.45) is 5.41 Å². The molecule has 1 aliphatic heterocycles. The molecule has 714 valence electrons. The van der Waals surface area contributed by atoms with E-state index in [1.807, 2.05) is 0 Å². The molecule has 1 fully saturated rings. The van der Waals surface area contributed by atoms with E-state index >= 15 is 4.79 Å². The van der Waals surface area contributed by atoms with Gasteiger partial charge in [0.15, 0.2) is 12.4 Å². The SMILES string of the molecule is CCCCCCCCCCCCCC(=O)O[C@H](CCCCCCCCCCC)CC(=O)NCC(CO)(COC1OC(CO)C(OP(=O)(O)O)C(OC(=O)C[C@@H](CCCCCCCCCCC)OC(=O)CCCCCCCCCCCCC)C1NC(=O)C[C@@H](CCCCCCCCCCC)OC(=O)CCCCCCCCCCCCC)COP(=O)(O)O. The van der Waals surface area contributed by atoms with Gasteiger partial charge in [-0.1, -0.05) is 388 Å². The average molecular weight is 1770 g/mol. The maximum Gasteiger partial charge on any atom is 0.470 e. The number of unbranched alkanes of at least 4 members (excludes halogenated alkanes) is 54. The summed E-state index contributed by atoms with van der Waals surface area (Å²) in [7, 11) is -11.0. The highest BCUT2D eigenvalue weighted by atomic mass is 31.2. The largest absolute Gasteiger partial charge is 0.470 e. The van der Waals surface area contributed by atoms with Crippen molar-refractivity contribution in [3.63, 3.8) is 0 Å². The highest BCUT2D eigenvalue weighted by Crippen LogP contribution is 2.44. The molecular weight excluding hydrogens is 1580 g/mol. The minimum Gasteiger partial charge on any atom is -0.462 e. The van der Waals surface area contributed by atoms with Crippen LogP contribution in [0.4, 0.5) is 0 Å². The number of aliphatic hydroxyl groups is 2. The van der Waals surface area contributed by atoms with Gasteiger partial charge >= 0.3 is 39.5 Å². The minimum absolute atomic E-state index is 0.103. The molecule has 24 nitrogen and oxygen atoms in total. The van der Waals surface area contributed by atoms with Gasteiger partial charge in [0.1, 0.15) is 36.6 Å². The van der Waals surface area contributed by atoms with Crippen LogP contribution in [-0.2, 0) is 75.4 Å². The molecule has 1 saturated heterocycles. The van der Waals surface area contributed by atoms with Crippen molar-refractivity contribution in [3.8, 4) is 0 Å². The van der Waals surface area contributed by atoms with Crippen LogP contribution in [0.5, 0.6) is 0 Å². The first-order valence-corrected chi connectivity index (χ1v) is 52.8. The summed E-state index contributed by atoms with van der Waals surface area (Å²) in [6.07, 6.45) is 52.4. The first-order valence-electron chi connectivity index (χ1n) is 49.8. The smallest absolute Gasteiger partial charge is 0.462 e. The van der Waals surface area contributed by atoms with E-state index in [0.717, 1.165) is 205 Å². The molecule has 8 N–H and O–H groups in total. The number of nitrogens with one attached hydrogen (secondary N) is 2. The van der Waals surface area contributed by atoms with Crippen LogP contribution in [0.2, 0.25) is 0 Å². The number of phosphoric acid groups is 2. The number of phosphoric ester groups is 2. The molecule has 6 unspecified atom stereocenters. The van der Waals surface area contributed by atoms with Gasteiger partial charge in [0, 0.05) is 25.8 Å². The summed E-state index contributed by atoms with van der Waals surface area (Å²) in [5, 5.41) is 28.2. The molecule has 121 heavy (non-hydrogen) atoms. The lowest BCUT2D eigenvalue weighted by molar-refractivity contribution is -0.278. The lowest BCUT2D eigenvalue weighted by atomic mass is 9.90. The Kier molecular flexibility index (Phi) is 75.7. The Morgan fingerprint density at radius 1 is 0.355 bits per heavy atom. The molecule has 0 aromatic rings. The van der Waals surface area contributed by atoms with Gasteiger partial charge < -0.3 is 68.8 Å². The Labute approximate surface area is 735 Å². The molecule has 0 aliphatic carbocycles. The molecule has 1 rings (SSSR count). The summed E-state index contributed by atoms with van der Waals surface area (Å²) >= 11 is 0. The first kappa shape index (κ1) is 116. The zero-order chi connectivity index (χ0) is 89.0. The third kappa shape index (κ3) is 68.7. The number of aliphatic hydroxyl groups excluding tert-OH is 2. The Morgan fingerprint density at radius 3 is 0.934 bits per heavy atom. The monoisotopic (exact) mass is 1770 g/mol. The Balaban J connectivity index is 4.00. The molecule has 0 aromatic carbocycles. The van der Waals surface area contributed by atoms with Crippen molar-refractivity contribution in [2.45, 2.75) is 534 Å². The average Bonchev–Trinajstić information content (AvgIpc) is 0.776. The summed E-state index contributed by atoms with van der Waals surface area (Å²) in [5.74, 6) is -3.96. The van der Waals surface area contributed by atoms with Gasteiger partial charge in [-0.05, 0) is 57.8 Å². The van der Waals surface area contributed by atoms with E-state index in [1.165, 1.54) is 141 Å². The molecule has 9 atom stereocenters. The van der Waals surface area contributed by atoms with Gasteiger partial charge in [0.2, 0.25) is 11.8 Å². The molecular formula is C95H182N2O22P2. The van der Waals surface area contributed by atoms with Crippen LogP contribution in [0.3, 0.4) is 0 Å². The van der Waals surface area contributed by atoms with Crippen molar-refractivity contribution in [1.82, 2.24) is 10.6 Å². The molecule has 0 spiro atoms. The topological polar surface area (TPSA) is 356 Å². The molecule has 0 bridgehead atoms. The van der Waals surface area contributed by atoms with Crippen molar-refractivity contribution in [1.29, 1.82) is 0 Å². The zero-order valence-corrected chi connectivity index (χ0v) is 79.3. The molecule has 1 aliphatic rings. The number of carbonyl (C=O) groups is 6. The zero-order valence-electron chi connectivity index (χ0n) is 77.6. The number of ether oxygens (including phenoxy) is 6. The van der Waals surface area contributed by atoms with Gasteiger partial charge in [-0.2, -0.15) is 0 Å². The van der Waals surface area contributed by atoms with Gasteiger partial charge in [0.05, 0.1) is 51.1 Å². The number of hydrogen-bond donors (Lipinski definition) is 8. The number of rotatable bonds is 89. The van der Waals surface area contributed by atoms with Crippen LogP contribution in [-0.4, -0.2) is 147 Å². The molecule has 26 heteroatoms. The fourth-order valence-electron chi connectivity index (χ4n) is 16.1. The molecule has 2 amide bonds. The third-order valence-corrected chi connectivity index (χ3v) is 24.7.